The summed E-state index contributed by atoms with van der Waals surface area (Å²) in [6.45, 7) is 2.04. The van der Waals surface area contributed by atoms with Crippen molar-refractivity contribution in [1.82, 2.24) is 4.90 Å². The molecule has 0 fully saturated rings. The van der Waals surface area contributed by atoms with E-state index in [1.807, 2.05) is 50.2 Å². The fourth-order valence-electron chi connectivity index (χ4n) is 1.59. The van der Waals surface area contributed by atoms with Crippen LogP contribution >= 0.6 is 0 Å². The SMILES string of the molecule is CC(Oc1cccc2ccccc12)[N+](C)C. The van der Waals surface area contributed by atoms with Gasteiger partial charge in [0.1, 0.15) is 19.8 Å². The van der Waals surface area contributed by atoms with Crippen molar-refractivity contribution in [3.8, 4) is 5.75 Å². The summed E-state index contributed by atoms with van der Waals surface area (Å²) in [6, 6.07) is 14.4. The molecule has 0 aromatic heterocycles. The molecule has 0 aliphatic rings. The molecule has 1 atom stereocenters. The molecule has 1 radical (unpaired) electrons. The summed E-state index contributed by atoms with van der Waals surface area (Å²) in [6.07, 6.45) is 0.0748. The van der Waals surface area contributed by atoms with Gasteiger partial charge in [0.05, 0.1) is 0 Å². The molecule has 0 saturated heterocycles. The molecule has 0 aliphatic carbocycles. The second-order valence-electron chi connectivity index (χ2n) is 4.16. The lowest BCUT2D eigenvalue weighted by Gasteiger charge is -2.14. The zero-order chi connectivity index (χ0) is 11.5. The first kappa shape index (κ1) is 11.0. The molecule has 16 heavy (non-hydrogen) atoms. The lowest BCUT2D eigenvalue weighted by atomic mass is 10.1. The van der Waals surface area contributed by atoms with Gasteiger partial charge in [-0.15, -0.1) is 4.90 Å². The molecule has 2 rings (SSSR count). The fraction of sp³-hybridized carbons (Fsp3) is 0.286. The molecule has 2 heteroatoms. The van der Waals surface area contributed by atoms with Gasteiger partial charge in [-0.05, 0) is 11.5 Å². The summed E-state index contributed by atoms with van der Waals surface area (Å²) < 4.78 is 5.91. The van der Waals surface area contributed by atoms with Crippen molar-refractivity contribution < 1.29 is 4.74 Å². The predicted molar refractivity (Wildman–Crippen MR) is 68.0 cm³/mol. The van der Waals surface area contributed by atoms with E-state index < -0.39 is 0 Å². The van der Waals surface area contributed by atoms with Crippen LogP contribution in [0, 0.1) is 0 Å². The van der Waals surface area contributed by atoms with Crippen molar-refractivity contribution in [3.05, 3.63) is 42.5 Å². The topological polar surface area (TPSA) is 15.1 Å². The quantitative estimate of drug-likeness (QED) is 0.567. The van der Waals surface area contributed by atoms with Gasteiger partial charge >= 0.3 is 0 Å². The Balaban J connectivity index is 2.37. The molecule has 2 aromatic rings. The van der Waals surface area contributed by atoms with E-state index in [0.29, 0.717) is 0 Å². The first-order valence-corrected chi connectivity index (χ1v) is 5.49. The second kappa shape index (κ2) is 4.54. The van der Waals surface area contributed by atoms with E-state index >= 15 is 0 Å². The van der Waals surface area contributed by atoms with Crippen LogP contribution in [0.1, 0.15) is 6.92 Å². The van der Waals surface area contributed by atoms with Gasteiger partial charge in [0, 0.05) is 12.3 Å². The number of hydrogen-bond acceptors (Lipinski definition) is 2. The first-order chi connectivity index (χ1) is 7.68. The normalized spacial score (nSPS) is 13.0. The van der Waals surface area contributed by atoms with Crippen LogP contribution in [0.3, 0.4) is 0 Å². The van der Waals surface area contributed by atoms with E-state index in [2.05, 4.69) is 18.2 Å². The summed E-state index contributed by atoms with van der Waals surface area (Å²) in [7, 11) is 4.02. The lowest BCUT2D eigenvalue weighted by molar-refractivity contribution is 0.142. The van der Waals surface area contributed by atoms with Crippen molar-refractivity contribution in [2.45, 2.75) is 13.2 Å². The maximum absolute atomic E-state index is 5.91. The van der Waals surface area contributed by atoms with Crippen LogP contribution in [0.5, 0.6) is 5.75 Å². The van der Waals surface area contributed by atoms with Gasteiger partial charge in [0.25, 0.3) is 6.23 Å². The van der Waals surface area contributed by atoms with Crippen molar-refractivity contribution in [3.63, 3.8) is 0 Å². The first-order valence-electron chi connectivity index (χ1n) is 5.49. The van der Waals surface area contributed by atoms with E-state index in [0.717, 1.165) is 5.75 Å². The number of benzene rings is 2. The molecule has 0 heterocycles. The van der Waals surface area contributed by atoms with Crippen molar-refractivity contribution in [1.29, 1.82) is 0 Å². The van der Waals surface area contributed by atoms with E-state index in [9.17, 15) is 0 Å². The molecule has 0 N–H and O–H groups in total. The summed E-state index contributed by atoms with van der Waals surface area (Å²) >= 11 is 0. The highest BCUT2D eigenvalue weighted by Crippen LogP contribution is 2.25. The van der Waals surface area contributed by atoms with Crippen molar-refractivity contribution in [2.24, 2.45) is 0 Å². The zero-order valence-corrected chi connectivity index (χ0v) is 9.97. The van der Waals surface area contributed by atoms with Crippen LogP contribution in [0.25, 0.3) is 10.8 Å². The maximum Gasteiger partial charge on any atom is 0.272 e. The Labute approximate surface area is 96.4 Å². The average molecular weight is 215 g/mol. The molecular formula is C14H17NO+. The van der Waals surface area contributed by atoms with Crippen LogP contribution < -0.4 is 9.64 Å². The van der Waals surface area contributed by atoms with Gasteiger partial charge in [-0.3, -0.25) is 0 Å². The minimum atomic E-state index is 0.0748. The van der Waals surface area contributed by atoms with Gasteiger partial charge in [-0.1, -0.05) is 36.4 Å². The molecule has 1 unspecified atom stereocenters. The Morgan fingerprint density at radius 1 is 1.00 bits per heavy atom. The Morgan fingerprint density at radius 2 is 1.69 bits per heavy atom. The molecule has 2 nitrogen and oxygen atoms in total. The minimum absolute atomic E-state index is 0.0748. The van der Waals surface area contributed by atoms with E-state index in [4.69, 9.17) is 4.74 Å². The third-order valence-electron chi connectivity index (χ3n) is 2.77. The highest BCUT2D eigenvalue weighted by Gasteiger charge is 2.15. The Morgan fingerprint density at radius 3 is 2.44 bits per heavy atom. The maximum atomic E-state index is 5.91. The number of ether oxygens (including phenoxy) is 1. The lowest BCUT2D eigenvalue weighted by Crippen LogP contribution is -2.35. The highest BCUT2D eigenvalue weighted by atomic mass is 16.5. The summed E-state index contributed by atoms with van der Waals surface area (Å²) in [4.78, 5) is 2.04. The van der Waals surface area contributed by atoms with Gasteiger partial charge < -0.3 is 4.74 Å². The largest absolute Gasteiger partial charge is 0.438 e. The standard InChI is InChI=1S/C14H17NO/c1-11(15(2)3)16-14-10-6-8-12-7-4-5-9-13(12)14/h4-11H,1-3H3/q+1. The average Bonchev–Trinajstić information content (AvgIpc) is 2.29. The van der Waals surface area contributed by atoms with E-state index in [1.54, 1.807) is 0 Å². The van der Waals surface area contributed by atoms with E-state index in [-0.39, 0.29) is 6.23 Å². The Kier molecular flexibility index (Phi) is 3.11. The minimum Gasteiger partial charge on any atom is -0.438 e. The third kappa shape index (κ3) is 2.17. The van der Waals surface area contributed by atoms with Crippen LogP contribution in [-0.2, 0) is 0 Å². The molecular weight excluding hydrogens is 198 g/mol. The van der Waals surface area contributed by atoms with Gasteiger partial charge in [-0.25, -0.2) is 0 Å². The van der Waals surface area contributed by atoms with Crippen LogP contribution in [0.2, 0.25) is 0 Å². The molecule has 0 aliphatic heterocycles. The summed E-state index contributed by atoms with van der Waals surface area (Å²) in [5.41, 5.74) is 0. The number of fused-ring (bicyclic) bond motifs is 1. The second-order valence-corrected chi connectivity index (χ2v) is 4.16. The number of hydrogen-bond donors (Lipinski definition) is 0. The third-order valence-corrected chi connectivity index (χ3v) is 2.77. The Bertz CT molecular complexity index is 474. The summed E-state index contributed by atoms with van der Waals surface area (Å²) in [5, 5.41) is 2.38. The van der Waals surface area contributed by atoms with Crippen LogP contribution in [0.4, 0.5) is 0 Å². The fourth-order valence-corrected chi connectivity index (χ4v) is 1.59. The van der Waals surface area contributed by atoms with Crippen LogP contribution in [0.15, 0.2) is 42.5 Å². The number of rotatable bonds is 3. The molecule has 0 amide bonds. The molecule has 83 valence electrons. The molecule has 0 spiro atoms. The highest BCUT2D eigenvalue weighted by molar-refractivity contribution is 5.88. The number of nitrogens with zero attached hydrogens (tertiary/aromatic N) is 1. The monoisotopic (exact) mass is 215 g/mol. The summed E-state index contributed by atoms with van der Waals surface area (Å²) in [5.74, 6) is 0.944. The predicted octanol–water partition coefficient (Wildman–Crippen LogP) is 2.96. The Hall–Kier alpha value is -1.54. The molecule has 0 saturated carbocycles. The smallest absolute Gasteiger partial charge is 0.272 e. The zero-order valence-electron chi connectivity index (χ0n) is 9.97. The van der Waals surface area contributed by atoms with Crippen molar-refractivity contribution in [2.75, 3.05) is 14.1 Å². The molecule has 0 bridgehead atoms. The molecule has 2 aromatic carbocycles. The van der Waals surface area contributed by atoms with Gasteiger partial charge in [-0.2, -0.15) is 0 Å². The van der Waals surface area contributed by atoms with Gasteiger partial charge in [0.15, 0.2) is 0 Å². The van der Waals surface area contributed by atoms with Crippen molar-refractivity contribution >= 4 is 10.8 Å². The van der Waals surface area contributed by atoms with Crippen LogP contribution in [-0.4, -0.2) is 20.3 Å². The van der Waals surface area contributed by atoms with E-state index in [1.165, 1.54) is 10.8 Å². The van der Waals surface area contributed by atoms with Gasteiger partial charge in [0.2, 0.25) is 0 Å².